The summed E-state index contributed by atoms with van der Waals surface area (Å²) in [5, 5.41) is 0. The van der Waals surface area contributed by atoms with Crippen molar-refractivity contribution in [3.63, 3.8) is 0 Å². The highest BCUT2D eigenvalue weighted by molar-refractivity contribution is 7.89. The molecule has 1 aromatic heterocycles. The minimum absolute atomic E-state index is 0.0194. The van der Waals surface area contributed by atoms with Crippen molar-refractivity contribution in [2.75, 3.05) is 0 Å². The highest BCUT2D eigenvalue weighted by Gasteiger charge is 2.19. The van der Waals surface area contributed by atoms with E-state index in [0.717, 1.165) is 11.1 Å². The lowest BCUT2D eigenvalue weighted by atomic mass is 10.2. The molecule has 3 N–H and O–H groups in total. The molecule has 0 atom stereocenters. The molecule has 2 rings (SSSR count). The molecule has 112 valence electrons. The van der Waals surface area contributed by atoms with Crippen molar-refractivity contribution in [3.8, 4) is 0 Å². The summed E-state index contributed by atoms with van der Waals surface area (Å²) in [5.41, 5.74) is 7.28. The van der Waals surface area contributed by atoms with E-state index in [1.54, 1.807) is 7.05 Å². The van der Waals surface area contributed by atoms with Gasteiger partial charge in [-0.3, -0.25) is 4.79 Å². The van der Waals surface area contributed by atoms with Gasteiger partial charge in [-0.1, -0.05) is 29.8 Å². The van der Waals surface area contributed by atoms with Gasteiger partial charge in [0.15, 0.2) is 0 Å². The number of aryl methyl sites for hydroxylation is 2. The molecule has 1 heterocycles. The van der Waals surface area contributed by atoms with Gasteiger partial charge in [0.1, 0.15) is 10.6 Å². The minimum atomic E-state index is -3.68. The summed E-state index contributed by atoms with van der Waals surface area (Å²) >= 11 is 0. The Labute approximate surface area is 123 Å². The van der Waals surface area contributed by atoms with E-state index in [0.29, 0.717) is 0 Å². The first-order valence-electron chi connectivity index (χ1n) is 6.31. The topological polar surface area (TPSA) is 94.2 Å². The molecule has 0 saturated heterocycles. The van der Waals surface area contributed by atoms with Gasteiger partial charge in [-0.25, -0.2) is 13.1 Å². The second kappa shape index (κ2) is 5.71. The van der Waals surface area contributed by atoms with Gasteiger partial charge in [-0.2, -0.15) is 0 Å². The molecule has 0 unspecified atom stereocenters. The van der Waals surface area contributed by atoms with Crippen LogP contribution in [0.15, 0.2) is 41.4 Å². The van der Waals surface area contributed by atoms with E-state index in [4.69, 9.17) is 5.73 Å². The average Bonchev–Trinajstić information content (AvgIpc) is 2.81. The maximum atomic E-state index is 12.2. The first-order chi connectivity index (χ1) is 9.79. The van der Waals surface area contributed by atoms with Gasteiger partial charge in [0.25, 0.3) is 5.91 Å². The molecule has 7 heteroatoms. The Hall–Kier alpha value is -2.12. The summed E-state index contributed by atoms with van der Waals surface area (Å²) in [6.45, 7) is 2.15. The third-order valence-corrected chi connectivity index (χ3v) is 4.50. The number of benzene rings is 1. The van der Waals surface area contributed by atoms with E-state index >= 15 is 0 Å². The second-order valence-electron chi connectivity index (χ2n) is 4.85. The van der Waals surface area contributed by atoms with Crippen LogP contribution in [0.1, 0.15) is 21.6 Å². The molecule has 1 amide bonds. The fourth-order valence-corrected chi connectivity index (χ4v) is 2.98. The van der Waals surface area contributed by atoms with Crippen molar-refractivity contribution in [2.45, 2.75) is 18.4 Å². The van der Waals surface area contributed by atoms with Gasteiger partial charge < -0.3 is 10.3 Å². The van der Waals surface area contributed by atoms with Crippen LogP contribution in [0.2, 0.25) is 0 Å². The van der Waals surface area contributed by atoms with Crippen LogP contribution in [0, 0.1) is 6.92 Å². The molecule has 1 aromatic carbocycles. The lowest BCUT2D eigenvalue weighted by molar-refractivity contribution is 0.0992. The number of sulfonamides is 1. The Kier molecular flexibility index (Phi) is 4.15. The average molecular weight is 307 g/mol. The molecule has 0 spiro atoms. The predicted octanol–water partition coefficient (Wildman–Crippen LogP) is 0.911. The summed E-state index contributed by atoms with van der Waals surface area (Å²) in [6.07, 6.45) is 1.36. The van der Waals surface area contributed by atoms with Crippen molar-refractivity contribution < 1.29 is 13.2 Å². The van der Waals surface area contributed by atoms with Gasteiger partial charge in [-0.05, 0) is 18.6 Å². The van der Waals surface area contributed by atoms with Gasteiger partial charge >= 0.3 is 0 Å². The molecule has 0 bridgehead atoms. The normalized spacial score (nSPS) is 11.5. The molecule has 0 radical (unpaired) electrons. The van der Waals surface area contributed by atoms with Crippen LogP contribution >= 0.6 is 0 Å². The van der Waals surface area contributed by atoms with Crippen LogP contribution in [-0.2, 0) is 23.6 Å². The standard InChI is InChI=1S/C14H17N3O3S/c1-10-3-5-11(6-4-10)8-16-21(19,20)12-7-13(14(15)18)17(2)9-12/h3-7,9,16H,8H2,1-2H3,(H2,15,18). The minimum Gasteiger partial charge on any atom is -0.364 e. The first kappa shape index (κ1) is 15.3. The molecule has 0 saturated carbocycles. The highest BCUT2D eigenvalue weighted by Crippen LogP contribution is 2.13. The van der Waals surface area contributed by atoms with Crippen LogP contribution in [0.5, 0.6) is 0 Å². The highest BCUT2D eigenvalue weighted by atomic mass is 32.2. The molecule has 2 aromatic rings. The Morgan fingerprint density at radius 3 is 2.43 bits per heavy atom. The summed E-state index contributed by atoms with van der Waals surface area (Å²) < 4.78 is 28.3. The number of primary amides is 1. The van der Waals surface area contributed by atoms with Crippen LogP contribution in [-0.4, -0.2) is 18.9 Å². The Bertz CT molecular complexity index is 761. The van der Waals surface area contributed by atoms with Crippen molar-refractivity contribution in [3.05, 3.63) is 53.3 Å². The zero-order chi connectivity index (χ0) is 15.6. The van der Waals surface area contributed by atoms with E-state index in [2.05, 4.69) is 4.72 Å². The number of aromatic nitrogens is 1. The number of carbonyl (C=O) groups is 1. The number of rotatable bonds is 5. The fraction of sp³-hybridized carbons (Fsp3) is 0.214. The zero-order valence-corrected chi connectivity index (χ0v) is 12.6. The van der Waals surface area contributed by atoms with Crippen molar-refractivity contribution in [1.29, 1.82) is 0 Å². The summed E-state index contributed by atoms with van der Waals surface area (Å²) in [7, 11) is -2.11. The number of nitrogens with two attached hydrogens (primary N) is 1. The number of hydrogen-bond donors (Lipinski definition) is 2. The Balaban J connectivity index is 2.17. The molecule has 6 nitrogen and oxygen atoms in total. The molecular formula is C14H17N3O3S. The first-order valence-corrected chi connectivity index (χ1v) is 7.79. The van der Waals surface area contributed by atoms with E-state index in [1.807, 2.05) is 31.2 Å². The zero-order valence-electron chi connectivity index (χ0n) is 11.8. The van der Waals surface area contributed by atoms with Gasteiger partial charge in [0, 0.05) is 19.8 Å². The lowest BCUT2D eigenvalue weighted by Crippen LogP contribution is -2.22. The largest absolute Gasteiger partial charge is 0.364 e. The number of nitrogens with one attached hydrogen (secondary N) is 1. The molecule has 0 fully saturated rings. The van der Waals surface area contributed by atoms with E-state index in [9.17, 15) is 13.2 Å². The van der Waals surface area contributed by atoms with Crippen LogP contribution < -0.4 is 10.5 Å². The third kappa shape index (κ3) is 3.50. The summed E-state index contributed by atoms with van der Waals surface area (Å²) in [6, 6.07) is 8.81. The maximum absolute atomic E-state index is 12.2. The van der Waals surface area contributed by atoms with Crippen molar-refractivity contribution in [1.82, 2.24) is 9.29 Å². The maximum Gasteiger partial charge on any atom is 0.265 e. The van der Waals surface area contributed by atoms with E-state index < -0.39 is 15.9 Å². The number of nitrogens with zero attached hydrogens (tertiary/aromatic N) is 1. The number of amides is 1. The smallest absolute Gasteiger partial charge is 0.265 e. The lowest BCUT2D eigenvalue weighted by Gasteiger charge is -2.05. The van der Waals surface area contributed by atoms with Gasteiger partial charge in [-0.15, -0.1) is 0 Å². The molecule has 0 aliphatic heterocycles. The summed E-state index contributed by atoms with van der Waals surface area (Å²) in [5.74, 6) is -0.669. The summed E-state index contributed by atoms with van der Waals surface area (Å²) in [4.78, 5) is 11.2. The fourth-order valence-electron chi connectivity index (χ4n) is 1.89. The molecule has 0 aliphatic carbocycles. The van der Waals surface area contributed by atoms with Gasteiger partial charge in [0.05, 0.1) is 0 Å². The van der Waals surface area contributed by atoms with Crippen molar-refractivity contribution >= 4 is 15.9 Å². The third-order valence-electron chi connectivity index (χ3n) is 3.13. The van der Waals surface area contributed by atoms with Gasteiger partial charge in [0.2, 0.25) is 10.0 Å². The van der Waals surface area contributed by atoms with Crippen LogP contribution in [0.3, 0.4) is 0 Å². The Morgan fingerprint density at radius 2 is 1.90 bits per heavy atom. The molecular weight excluding hydrogens is 290 g/mol. The van der Waals surface area contributed by atoms with Crippen LogP contribution in [0.4, 0.5) is 0 Å². The number of carbonyl (C=O) groups excluding carboxylic acids is 1. The monoisotopic (exact) mass is 307 g/mol. The van der Waals surface area contributed by atoms with E-state index in [1.165, 1.54) is 16.8 Å². The van der Waals surface area contributed by atoms with Crippen LogP contribution in [0.25, 0.3) is 0 Å². The number of hydrogen-bond acceptors (Lipinski definition) is 3. The predicted molar refractivity (Wildman–Crippen MR) is 79.1 cm³/mol. The second-order valence-corrected chi connectivity index (χ2v) is 6.61. The molecule has 21 heavy (non-hydrogen) atoms. The van der Waals surface area contributed by atoms with Crippen molar-refractivity contribution in [2.24, 2.45) is 12.8 Å². The van der Waals surface area contributed by atoms with E-state index in [-0.39, 0.29) is 17.1 Å². The molecule has 0 aliphatic rings. The Morgan fingerprint density at radius 1 is 1.29 bits per heavy atom. The SMILES string of the molecule is Cc1ccc(CNS(=O)(=O)c2cc(C(N)=O)n(C)c2)cc1. The quantitative estimate of drug-likeness (QED) is 0.859.